The summed E-state index contributed by atoms with van der Waals surface area (Å²) in [4.78, 5) is 12.2. The first kappa shape index (κ1) is 14.1. The van der Waals surface area contributed by atoms with Gasteiger partial charge in [0.25, 0.3) is 0 Å². The number of nitrogens with one attached hydrogen (secondary N) is 2. The van der Waals surface area contributed by atoms with Crippen molar-refractivity contribution in [2.24, 2.45) is 0 Å². The molecule has 0 aromatic carbocycles. The third kappa shape index (κ3) is 3.60. The number of aryl methyl sites for hydroxylation is 2. The van der Waals surface area contributed by atoms with E-state index in [1.54, 1.807) is 0 Å². The summed E-state index contributed by atoms with van der Waals surface area (Å²) in [5.41, 5.74) is 1.07. The Morgan fingerprint density at radius 3 is 2.89 bits per heavy atom. The minimum atomic E-state index is -0.0433. The number of hydrogen-bond acceptors (Lipinski definition) is 3. The van der Waals surface area contributed by atoms with Crippen LogP contribution in [0, 0.1) is 13.8 Å². The van der Waals surface area contributed by atoms with Crippen molar-refractivity contribution in [3.05, 3.63) is 23.2 Å². The fourth-order valence-corrected chi connectivity index (χ4v) is 2.72. The zero-order valence-electron chi connectivity index (χ0n) is 12.1. The second-order valence-electron chi connectivity index (χ2n) is 5.45. The van der Waals surface area contributed by atoms with Crippen molar-refractivity contribution in [1.29, 1.82) is 0 Å². The normalized spacial score (nSPS) is 21.7. The molecule has 1 aromatic heterocycles. The van der Waals surface area contributed by atoms with Gasteiger partial charge in [0.1, 0.15) is 11.5 Å². The highest BCUT2D eigenvalue weighted by Crippen LogP contribution is 2.21. The van der Waals surface area contributed by atoms with Crippen molar-refractivity contribution in [2.45, 2.75) is 58.5 Å². The predicted octanol–water partition coefficient (Wildman–Crippen LogP) is 2.61. The molecule has 1 fully saturated rings. The van der Waals surface area contributed by atoms with Gasteiger partial charge in [0.15, 0.2) is 0 Å². The van der Waals surface area contributed by atoms with Crippen LogP contribution >= 0.6 is 0 Å². The molecule has 106 valence electrons. The molecule has 1 saturated heterocycles. The fraction of sp³-hybridized carbons (Fsp3) is 0.667. The molecule has 0 aliphatic carbocycles. The first-order valence-electron chi connectivity index (χ1n) is 7.18. The van der Waals surface area contributed by atoms with E-state index in [4.69, 9.17) is 4.42 Å². The lowest BCUT2D eigenvalue weighted by atomic mass is 10.1. The van der Waals surface area contributed by atoms with Gasteiger partial charge in [-0.2, -0.15) is 0 Å². The second-order valence-corrected chi connectivity index (χ2v) is 5.45. The van der Waals surface area contributed by atoms with Crippen molar-refractivity contribution < 1.29 is 9.21 Å². The average molecular weight is 264 g/mol. The lowest BCUT2D eigenvalue weighted by Gasteiger charge is -2.19. The van der Waals surface area contributed by atoms with E-state index >= 15 is 0 Å². The second kappa shape index (κ2) is 6.24. The van der Waals surface area contributed by atoms with Gasteiger partial charge in [-0.3, -0.25) is 4.79 Å². The zero-order chi connectivity index (χ0) is 13.8. The van der Waals surface area contributed by atoms with Crippen LogP contribution in [0.25, 0.3) is 0 Å². The summed E-state index contributed by atoms with van der Waals surface area (Å²) in [6, 6.07) is 1.95. The smallest absolute Gasteiger partial charge is 0.237 e. The molecule has 1 amide bonds. The van der Waals surface area contributed by atoms with Gasteiger partial charge in [0, 0.05) is 5.56 Å². The predicted molar refractivity (Wildman–Crippen MR) is 75.0 cm³/mol. The summed E-state index contributed by atoms with van der Waals surface area (Å²) in [6.07, 6.45) is 4.44. The SMILES string of the molecule is Cc1cc(C(C)NC(=O)C2CCCCCN2)c(C)o1. The Kier molecular flexibility index (Phi) is 4.64. The highest BCUT2D eigenvalue weighted by atomic mass is 16.3. The quantitative estimate of drug-likeness (QED) is 0.882. The summed E-state index contributed by atoms with van der Waals surface area (Å²) >= 11 is 0. The summed E-state index contributed by atoms with van der Waals surface area (Å²) < 4.78 is 5.52. The molecule has 2 rings (SSSR count). The molecule has 2 unspecified atom stereocenters. The number of carbonyl (C=O) groups excluding carboxylic acids is 1. The van der Waals surface area contributed by atoms with Gasteiger partial charge in [0.2, 0.25) is 5.91 Å². The Bertz CT molecular complexity index is 431. The van der Waals surface area contributed by atoms with Crippen LogP contribution in [-0.4, -0.2) is 18.5 Å². The molecule has 2 N–H and O–H groups in total. The monoisotopic (exact) mass is 264 g/mol. The van der Waals surface area contributed by atoms with E-state index in [1.165, 1.54) is 12.8 Å². The lowest BCUT2D eigenvalue weighted by molar-refractivity contribution is -0.123. The van der Waals surface area contributed by atoms with Crippen LogP contribution in [0.1, 0.15) is 55.7 Å². The molecule has 1 aliphatic heterocycles. The van der Waals surface area contributed by atoms with Crippen LogP contribution in [0.3, 0.4) is 0 Å². The largest absolute Gasteiger partial charge is 0.466 e. The Morgan fingerprint density at radius 1 is 1.42 bits per heavy atom. The van der Waals surface area contributed by atoms with Gasteiger partial charge in [-0.25, -0.2) is 0 Å². The van der Waals surface area contributed by atoms with E-state index in [0.717, 1.165) is 36.5 Å². The highest BCUT2D eigenvalue weighted by Gasteiger charge is 2.22. The molecule has 1 aliphatic rings. The standard InChI is InChI=1S/C15H24N2O2/c1-10-9-13(12(3)19-10)11(2)17-15(18)14-7-5-4-6-8-16-14/h9,11,14,16H,4-8H2,1-3H3,(H,17,18). The van der Waals surface area contributed by atoms with E-state index in [2.05, 4.69) is 10.6 Å². The van der Waals surface area contributed by atoms with E-state index in [1.807, 2.05) is 26.8 Å². The number of rotatable bonds is 3. The molecule has 4 heteroatoms. The Hall–Kier alpha value is -1.29. The number of amides is 1. The first-order valence-corrected chi connectivity index (χ1v) is 7.18. The van der Waals surface area contributed by atoms with Gasteiger partial charge in [0.05, 0.1) is 12.1 Å². The van der Waals surface area contributed by atoms with Crippen LogP contribution in [0.15, 0.2) is 10.5 Å². The molecular weight excluding hydrogens is 240 g/mol. The molecule has 2 heterocycles. The molecule has 0 saturated carbocycles. The van der Waals surface area contributed by atoms with E-state index in [-0.39, 0.29) is 18.0 Å². The van der Waals surface area contributed by atoms with Crippen molar-refractivity contribution in [1.82, 2.24) is 10.6 Å². The fourth-order valence-electron chi connectivity index (χ4n) is 2.72. The average Bonchev–Trinajstić information content (AvgIpc) is 2.58. The molecule has 1 aromatic rings. The highest BCUT2D eigenvalue weighted by molar-refractivity contribution is 5.82. The van der Waals surface area contributed by atoms with Crippen molar-refractivity contribution in [3.63, 3.8) is 0 Å². The van der Waals surface area contributed by atoms with Crippen LogP contribution in [-0.2, 0) is 4.79 Å². The van der Waals surface area contributed by atoms with Crippen LogP contribution < -0.4 is 10.6 Å². The van der Waals surface area contributed by atoms with Gasteiger partial charge in [-0.15, -0.1) is 0 Å². The summed E-state index contributed by atoms with van der Waals surface area (Å²) in [6.45, 7) is 6.81. The Morgan fingerprint density at radius 2 is 2.21 bits per heavy atom. The molecule has 0 bridgehead atoms. The minimum absolute atomic E-state index is 0.00463. The zero-order valence-corrected chi connectivity index (χ0v) is 12.1. The number of hydrogen-bond donors (Lipinski definition) is 2. The molecule has 0 radical (unpaired) electrons. The van der Waals surface area contributed by atoms with Gasteiger partial charge in [-0.1, -0.05) is 12.8 Å². The van der Waals surface area contributed by atoms with Crippen LogP contribution in [0.2, 0.25) is 0 Å². The van der Waals surface area contributed by atoms with Crippen molar-refractivity contribution >= 4 is 5.91 Å². The van der Waals surface area contributed by atoms with Crippen molar-refractivity contribution in [3.8, 4) is 0 Å². The number of furan rings is 1. The lowest BCUT2D eigenvalue weighted by Crippen LogP contribution is -2.44. The van der Waals surface area contributed by atoms with E-state index in [9.17, 15) is 4.79 Å². The van der Waals surface area contributed by atoms with Gasteiger partial charge in [-0.05, 0) is 46.2 Å². The summed E-state index contributed by atoms with van der Waals surface area (Å²) in [5, 5.41) is 6.41. The third-order valence-electron chi connectivity index (χ3n) is 3.78. The Labute approximate surface area is 114 Å². The van der Waals surface area contributed by atoms with Gasteiger partial charge >= 0.3 is 0 Å². The maximum Gasteiger partial charge on any atom is 0.237 e. The third-order valence-corrected chi connectivity index (χ3v) is 3.78. The molecule has 19 heavy (non-hydrogen) atoms. The summed E-state index contributed by atoms with van der Waals surface area (Å²) in [5.74, 6) is 1.88. The van der Waals surface area contributed by atoms with E-state index in [0.29, 0.717) is 0 Å². The van der Waals surface area contributed by atoms with Crippen LogP contribution in [0.5, 0.6) is 0 Å². The summed E-state index contributed by atoms with van der Waals surface area (Å²) in [7, 11) is 0. The molecular formula is C15H24N2O2. The van der Waals surface area contributed by atoms with Crippen LogP contribution in [0.4, 0.5) is 0 Å². The first-order chi connectivity index (χ1) is 9.08. The van der Waals surface area contributed by atoms with E-state index < -0.39 is 0 Å². The van der Waals surface area contributed by atoms with Crippen molar-refractivity contribution in [2.75, 3.05) is 6.54 Å². The maximum atomic E-state index is 12.2. The molecule has 4 nitrogen and oxygen atoms in total. The minimum Gasteiger partial charge on any atom is -0.466 e. The Balaban J connectivity index is 1.96. The maximum absolute atomic E-state index is 12.2. The molecule has 0 spiro atoms. The molecule has 2 atom stereocenters. The topological polar surface area (TPSA) is 54.3 Å². The van der Waals surface area contributed by atoms with Gasteiger partial charge < -0.3 is 15.1 Å². The number of carbonyl (C=O) groups is 1.